The van der Waals surface area contributed by atoms with Crippen molar-refractivity contribution in [2.75, 3.05) is 0 Å². The Morgan fingerprint density at radius 1 is 1.20 bits per heavy atom. The van der Waals surface area contributed by atoms with E-state index in [-0.39, 0.29) is 11.9 Å². The minimum atomic E-state index is -0.137. The Kier molecular flexibility index (Phi) is 5.53. The van der Waals surface area contributed by atoms with Crippen molar-refractivity contribution in [2.24, 2.45) is 0 Å². The van der Waals surface area contributed by atoms with E-state index in [0.717, 1.165) is 34.3 Å². The van der Waals surface area contributed by atoms with Gasteiger partial charge in [-0.15, -0.1) is 0 Å². The first kappa shape index (κ1) is 17.7. The molecule has 2 aromatic carbocycles. The van der Waals surface area contributed by atoms with E-state index < -0.39 is 0 Å². The van der Waals surface area contributed by atoms with Crippen molar-refractivity contribution in [1.29, 1.82) is 0 Å². The number of aromatic nitrogens is 2. The highest BCUT2D eigenvalue weighted by Crippen LogP contribution is 2.23. The van der Waals surface area contributed by atoms with Crippen LogP contribution in [-0.2, 0) is 11.3 Å². The number of fused-ring (bicyclic) bond motifs is 1. The Morgan fingerprint density at radius 2 is 1.92 bits per heavy atom. The summed E-state index contributed by atoms with van der Waals surface area (Å²) in [5.41, 5.74) is 3.22. The van der Waals surface area contributed by atoms with E-state index in [1.54, 1.807) is 0 Å². The Labute approximate surface area is 156 Å². The maximum atomic E-state index is 12.0. The number of imidazole rings is 1. The minimum Gasteiger partial charge on any atom is -0.346 e. The van der Waals surface area contributed by atoms with Gasteiger partial charge in [0.2, 0.25) is 5.91 Å². The fraction of sp³-hybridized carbons (Fsp3) is 0.300. The highest BCUT2D eigenvalue weighted by Gasteiger charge is 2.18. The van der Waals surface area contributed by atoms with Crippen molar-refractivity contribution in [2.45, 2.75) is 39.3 Å². The van der Waals surface area contributed by atoms with Crippen molar-refractivity contribution in [3.05, 3.63) is 64.4 Å². The molecule has 1 atom stereocenters. The lowest BCUT2D eigenvalue weighted by molar-refractivity contribution is -0.121. The molecule has 4 nitrogen and oxygen atoms in total. The number of nitrogens with one attached hydrogen (secondary N) is 1. The molecule has 1 unspecified atom stereocenters. The summed E-state index contributed by atoms with van der Waals surface area (Å²) in [6, 6.07) is 16.2. The van der Waals surface area contributed by atoms with Crippen molar-refractivity contribution < 1.29 is 4.79 Å². The molecule has 1 N–H and O–H groups in total. The van der Waals surface area contributed by atoms with Crippen LogP contribution >= 0.6 is 15.9 Å². The minimum absolute atomic E-state index is 0.0669. The van der Waals surface area contributed by atoms with E-state index in [9.17, 15) is 4.79 Å². The smallest absolute Gasteiger partial charge is 0.220 e. The maximum Gasteiger partial charge on any atom is 0.220 e. The summed E-state index contributed by atoms with van der Waals surface area (Å²) in [7, 11) is 0. The normalized spacial score (nSPS) is 12.3. The van der Waals surface area contributed by atoms with Crippen LogP contribution in [0.25, 0.3) is 11.0 Å². The Balaban J connectivity index is 1.96. The van der Waals surface area contributed by atoms with Crippen LogP contribution in [0.3, 0.4) is 0 Å². The van der Waals surface area contributed by atoms with Crippen molar-refractivity contribution in [3.8, 4) is 0 Å². The highest BCUT2D eigenvalue weighted by molar-refractivity contribution is 9.10. The van der Waals surface area contributed by atoms with Crippen LogP contribution < -0.4 is 5.32 Å². The molecule has 0 radical (unpaired) electrons. The molecule has 3 aromatic rings. The molecule has 3 rings (SSSR count). The number of rotatable bonds is 6. The predicted molar refractivity (Wildman–Crippen MR) is 104 cm³/mol. The number of benzene rings is 2. The van der Waals surface area contributed by atoms with Crippen LogP contribution in [0.5, 0.6) is 0 Å². The van der Waals surface area contributed by atoms with E-state index in [2.05, 4.69) is 44.0 Å². The summed E-state index contributed by atoms with van der Waals surface area (Å²) in [4.78, 5) is 16.8. The summed E-state index contributed by atoms with van der Waals surface area (Å²) in [5.74, 6) is 0.950. The number of nitrogens with zero attached hydrogens (tertiary/aromatic N) is 2. The van der Waals surface area contributed by atoms with E-state index in [1.165, 1.54) is 5.56 Å². The summed E-state index contributed by atoms with van der Waals surface area (Å²) < 4.78 is 3.25. The van der Waals surface area contributed by atoms with E-state index in [4.69, 9.17) is 4.98 Å². The quantitative estimate of drug-likeness (QED) is 0.645. The molecule has 1 amide bonds. The lowest BCUT2D eigenvalue weighted by Gasteiger charge is -2.16. The Hall–Kier alpha value is -2.14. The molecule has 1 heterocycles. The second kappa shape index (κ2) is 7.83. The second-order valence-corrected chi connectivity index (χ2v) is 7.13. The van der Waals surface area contributed by atoms with Crippen molar-refractivity contribution in [3.63, 3.8) is 0 Å². The van der Waals surface area contributed by atoms with Gasteiger partial charge in [-0.05, 0) is 43.2 Å². The molecule has 130 valence electrons. The van der Waals surface area contributed by atoms with E-state index >= 15 is 0 Å². The van der Waals surface area contributed by atoms with Gasteiger partial charge in [0.25, 0.3) is 0 Å². The van der Waals surface area contributed by atoms with Gasteiger partial charge in [0.1, 0.15) is 5.82 Å². The Morgan fingerprint density at radius 3 is 2.64 bits per heavy atom. The third kappa shape index (κ3) is 4.10. The summed E-state index contributed by atoms with van der Waals surface area (Å²) in [5, 5.41) is 3.06. The molecular weight excluding hydrogens is 378 g/mol. The SMILES string of the molecule is CCCC(=O)NC(C)c1nc2ccccc2n1Cc1ccc(Br)cc1. The zero-order valence-corrected chi connectivity index (χ0v) is 16.1. The van der Waals surface area contributed by atoms with Crippen LogP contribution in [0.15, 0.2) is 53.0 Å². The summed E-state index contributed by atoms with van der Waals surface area (Å²) in [6.07, 6.45) is 1.38. The predicted octanol–water partition coefficient (Wildman–Crippen LogP) is 4.82. The van der Waals surface area contributed by atoms with Gasteiger partial charge in [0.15, 0.2) is 0 Å². The van der Waals surface area contributed by atoms with Gasteiger partial charge in [0, 0.05) is 17.4 Å². The second-order valence-electron chi connectivity index (χ2n) is 6.21. The lowest BCUT2D eigenvalue weighted by Crippen LogP contribution is -2.28. The Bertz CT molecular complexity index is 870. The average Bonchev–Trinajstić information content (AvgIpc) is 2.96. The van der Waals surface area contributed by atoms with Gasteiger partial charge >= 0.3 is 0 Å². The molecule has 0 aliphatic carbocycles. The van der Waals surface area contributed by atoms with Crippen LogP contribution in [0.1, 0.15) is 44.1 Å². The molecule has 0 saturated heterocycles. The molecule has 0 fully saturated rings. The number of hydrogen-bond donors (Lipinski definition) is 1. The molecular formula is C20H22BrN3O. The fourth-order valence-electron chi connectivity index (χ4n) is 2.97. The van der Waals surface area contributed by atoms with Crippen LogP contribution in [0.2, 0.25) is 0 Å². The largest absolute Gasteiger partial charge is 0.346 e. The van der Waals surface area contributed by atoms with Gasteiger partial charge < -0.3 is 9.88 Å². The zero-order chi connectivity index (χ0) is 17.8. The van der Waals surface area contributed by atoms with E-state index in [1.807, 2.05) is 44.2 Å². The van der Waals surface area contributed by atoms with Crippen LogP contribution in [0, 0.1) is 0 Å². The number of halogens is 1. The molecule has 0 saturated carbocycles. The first-order chi connectivity index (χ1) is 12.1. The maximum absolute atomic E-state index is 12.0. The van der Waals surface area contributed by atoms with Gasteiger partial charge in [-0.25, -0.2) is 4.98 Å². The average molecular weight is 400 g/mol. The third-order valence-electron chi connectivity index (χ3n) is 4.18. The molecule has 1 aromatic heterocycles. The van der Waals surface area contributed by atoms with Gasteiger partial charge in [-0.1, -0.05) is 47.1 Å². The molecule has 0 spiro atoms. The molecule has 25 heavy (non-hydrogen) atoms. The van der Waals surface area contributed by atoms with Crippen molar-refractivity contribution in [1.82, 2.24) is 14.9 Å². The molecule has 0 bridgehead atoms. The third-order valence-corrected chi connectivity index (χ3v) is 4.71. The van der Waals surface area contributed by atoms with Gasteiger partial charge in [0.05, 0.1) is 17.1 Å². The van der Waals surface area contributed by atoms with Gasteiger partial charge in [-0.3, -0.25) is 4.79 Å². The lowest BCUT2D eigenvalue weighted by atomic mass is 10.2. The molecule has 0 aliphatic heterocycles. The standard InChI is InChI=1S/C20H22BrN3O/c1-3-6-19(25)22-14(2)20-23-17-7-4-5-8-18(17)24(20)13-15-9-11-16(21)12-10-15/h4-5,7-12,14H,3,6,13H2,1-2H3,(H,22,25). The van der Waals surface area contributed by atoms with Crippen LogP contribution in [-0.4, -0.2) is 15.5 Å². The van der Waals surface area contributed by atoms with Crippen LogP contribution in [0.4, 0.5) is 0 Å². The monoisotopic (exact) mass is 399 g/mol. The van der Waals surface area contributed by atoms with Gasteiger partial charge in [-0.2, -0.15) is 0 Å². The molecule has 5 heteroatoms. The zero-order valence-electron chi connectivity index (χ0n) is 14.5. The fourth-order valence-corrected chi connectivity index (χ4v) is 3.23. The summed E-state index contributed by atoms with van der Waals surface area (Å²) >= 11 is 3.48. The number of carbonyl (C=O) groups excluding carboxylic acids is 1. The first-order valence-corrected chi connectivity index (χ1v) is 9.36. The topological polar surface area (TPSA) is 46.9 Å². The number of amides is 1. The van der Waals surface area contributed by atoms with E-state index in [0.29, 0.717) is 6.42 Å². The molecule has 0 aliphatic rings. The summed E-state index contributed by atoms with van der Waals surface area (Å²) in [6.45, 7) is 4.72. The number of hydrogen-bond acceptors (Lipinski definition) is 2. The number of carbonyl (C=O) groups is 1. The van der Waals surface area contributed by atoms with Crippen molar-refractivity contribution >= 4 is 32.9 Å². The highest BCUT2D eigenvalue weighted by atomic mass is 79.9. The first-order valence-electron chi connectivity index (χ1n) is 8.57. The number of para-hydroxylation sites is 2.